The Bertz CT molecular complexity index is 476. The Kier molecular flexibility index (Phi) is 2.19. The zero-order valence-electron chi connectivity index (χ0n) is 7.87. The van der Waals surface area contributed by atoms with E-state index in [-0.39, 0.29) is 5.91 Å². The van der Waals surface area contributed by atoms with E-state index in [1.165, 1.54) is 0 Å². The molecule has 0 aliphatic carbocycles. The van der Waals surface area contributed by atoms with Gasteiger partial charge in [0.2, 0.25) is 0 Å². The summed E-state index contributed by atoms with van der Waals surface area (Å²) in [5, 5.41) is 4.66. The van der Waals surface area contributed by atoms with Crippen molar-refractivity contribution in [2.24, 2.45) is 0 Å². The van der Waals surface area contributed by atoms with Crippen LogP contribution in [0.15, 0.2) is 36.4 Å². The summed E-state index contributed by atoms with van der Waals surface area (Å²) in [6.07, 6.45) is 0. The zero-order chi connectivity index (χ0) is 9.97. The van der Waals surface area contributed by atoms with Crippen LogP contribution >= 0.6 is 0 Å². The van der Waals surface area contributed by atoms with E-state index in [0.717, 1.165) is 10.8 Å². The number of nitrogens with one attached hydrogen (secondary N) is 1. The molecule has 0 fully saturated rings. The van der Waals surface area contributed by atoms with E-state index >= 15 is 0 Å². The lowest BCUT2D eigenvalue weighted by atomic mass is 10.1. The zero-order valence-corrected chi connectivity index (χ0v) is 7.87. The highest BCUT2D eigenvalue weighted by Crippen LogP contribution is 2.14. The molecule has 0 saturated carbocycles. The number of amides is 1. The van der Waals surface area contributed by atoms with Gasteiger partial charge in [-0.25, -0.2) is 0 Å². The van der Waals surface area contributed by atoms with E-state index in [9.17, 15) is 4.79 Å². The molecular formula is C12H10NO. The van der Waals surface area contributed by atoms with E-state index in [0.29, 0.717) is 5.56 Å². The molecule has 0 atom stereocenters. The highest BCUT2D eigenvalue weighted by molar-refractivity contribution is 5.98. The van der Waals surface area contributed by atoms with Crippen LogP contribution in [0.25, 0.3) is 10.8 Å². The van der Waals surface area contributed by atoms with Crippen LogP contribution in [0.1, 0.15) is 10.4 Å². The third-order valence-electron chi connectivity index (χ3n) is 2.15. The van der Waals surface area contributed by atoms with Gasteiger partial charge in [-0.15, -0.1) is 0 Å². The quantitative estimate of drug-likeness (QED) is 0.721. The van der Waals surface area contributed by atoms with Crippen LogP contribution in [0.4, 0.5) is 0 Å². The standard InChI is InChI=1S/C12H10NO/c1-13-12(14)11-7-6-9-4-2-3-5-10(9)8-11/h2-3,5-8H,1H3,(H,13,14). The average Bonchev–Trinajstić information content (AvgIpc) is 2.27. The lowest BCUT2D eigenvalue weighted by Gasteiger charge is -2.01. The van der Waals surface area contributed by atoms with Crippen molar-refractivity contribution in [3.63, 3.8) is 0 Å². The molecule has 2 nitrogen and oxygen atoms in total. The number of benzene rings is 2. The summed E-state index contributed by atoms with van der Waals surface area (Å²) in [5.74, 6) is -0.0595. The summed E-state index contributed by atoms with van der Waals surface area (Å²) in [4.78, 5) is 11.3. The van der Waals surface area contributed by atoms with Gasteiger partial charge in [0.05, 0.1) is 0 Å². The van der Waals surface area contributed by atoms with Crippen LogP contribution in [-0.2, 0) is 0 Å². The molecular weight excluding hydrogens is 174 g/mol. The van der Waals surface area contributed by atoms with E-state index < -0.39 is 0 Å². The number of rotatable bonds is 1. The maximum Gasteiger partial charge on any atom is 0.251 e. The first-order chi connectivity index (χ1) is 6.81. The second-order valence-corrected chi connectivity index (χ2v) is 3.05. The predicted octanol–water partition coefficient (Wildman–Crippen LogP) is 2.00. The average molecular weight is 184 g/mol. The molecule has 1 radical (unpaired) electrons. The molecule has 1 amide bonds. The van der Waals surface area contributed by atoms with Crippen molar-refractivity contribution in [3.05, 3.63) is 48.0 Å². The van der Waals surface area contributed by atoms with Crippen molar-refractivity contribution in [2.45, 2.75) is 0 Å². The highest BCUT2D eigenvalue weighted by Gasteiger charge is 2.02. The number of carbonyl (C=O) groups excluding carboxylic acids is 1. The van der Waals surface area contributed by atoms with Gasteiger partial charge >= 0.3 is 0 Å². The molecule has 69 valence electrons. The smallest absolute Gasteiger partial charge is 0.251 e. The summed E-state index contributed by atoms with van der Waals surface area (Å²) in [6, 6.07) is 14.4. The number of carbonyl (C=O) groups is 1. The molecule has 0 bridgehead atoms. The van der Waals surface area contributed by atoms with Crippen molar-refractivity contribution < 1.29 is 4.79 Å². The minimum absolute atomic E-state index is 0.0595. The normalized spacial score (nSPS) is 10.1. The summed E-state index contributed by atoms with van der Waals surface area (Å²) in [7, 11) is 1.63. The molecule has 0 aliphatic rings. The largest absolute Gasteiger partial charge is 0.355 e. The topological polar surface area (TPSA) is 29.1 Å². The van der Waals surface area contributed by atoms with Gasteiger partial charge < -0.3 is 5.32 Å². The number of hydrogen-bond donors (Lipinski definition) is 1. The Labute approximate surface area is 82.6 Å². The number of fused-ring (bicyclic) bond motifs is 1. The molecule has 0 saturated heterocycles. The molecule has 0 aromatic heterocycles. The fourth-order valence-electron chi connectivity index (χ4n) is 1.41. The second kappa shape index (κ2) is 3.50. The highest BCUT2D eigenvalue weighted by atomic mass is 16.1. The molecule has 0 aliphatic heterocycles. The Morgan fingerprint density at radius 1 is 1.36 bits per heavy atom. The van der Waals surface area contributed by atoms with Gasteiger partial charge in [-0.1, -0.05) is 24.3 Å². The third kappa shape index (κ3) is 1.46. The maximum atomic E-state index is 11.3. The molecule has 0 heterocycles. The first-order valence-corrected chi connectivity index (χ1v) is 4.44. The van der Waals surface area contributed by atoms with Gasteiger partial charge in [-0.3, -0.25) is 4.79 Å². The van der Waals surface area contributed by atoms with Crippen LogP contribution in [0.5, 0.6) is 0 Å². The molecule has 2 rings (SSSR count). The van der Waals surface area contributed by atoms with Gasteiger partial charge in [0.1, 0.15) is 0 Å². The molecule has 0 spiro atoms. The van der Waals surface area contributed by atoms with Crippen molar-refractivity contribution >= 4 is 16.7 Å². The maximum absolute atomic E-state index is 11.3. The van der Waals surface area contributed by atoms with E-state index in [4.69, 9.17) is 0 Å². The van der Waals surface area contributed by atoms with Crippen LogP contribution < -0.4 is 5.32 Å². The van der Waals surface area contributed by atoms with Crippen molar-refractivity contribution in [1.82, 2.24) is 5.32 Å². The molecule has 2 aromatic rings. The summed E-state index contributed by atoms with van der Waals surface area (Å²) in [6.45, 7) is 0. The molecule has 0 unspecified atom stereocenters. The first-order valence-electron chi connectivity index (χ1n) is 4.44. The second-order valence-electron chi connectivity index (χ2n) is 3.05. The van der Waals surface area contributed by atoms with Gasteiger partial charge in [0.25, 0.3) is 5.91 Å². The van der Waals surface area contributed by atoms with Crippen LogP contribution in [-0.4, -0.2) is 13.0 Å². The van der Waals surface area contributed by atoms with Crippen LogP contribution in [0.3, 0.4) is 0 Å². The van der Waals surface area contributed by atoms with E-state index in [2.05, 4.69) is 11.4 Å². The number of hydrogen-bond acceptors (Lipinski definition) is 1. The monoisotopic (exact) mass is 184 g/mol. The lowest BCUT2D eigenvalue weighted by molar-refractivity contribution is 0.0963. The van der Waals surface area contributed by atoms with Crippen LogP contribution in [0.2, 0.25) is 0 Å². The summed E-state index contributed by atoms with van der Waals surface area (Å²) < 4.78 is 0. The van der Waals surface area contributed by atoms with E-state index in [1.807, 2.05) is 30.3 Å². The van der Waals surface area contributed by atoms with Crippen molar-refractivity contribution in [1.29, 1.82) is 0 Å². The Morgan fingerprint density at radius 2 is 2.21 bits per heavy atom. The molecule has 14 heavy (non-hydrogen) atoms. The first kappa shape index (κ1) is 8.75. The lowest BCUT2D eigenvalue weighted by Crippen LogP contribution is -2.17. The van der Waals surface area contributed by atoms with Gasteiger partial charge in [0, 0.05) is 12.6 Å². The molecule has 2 heteroatoms. The Balaban J connectivity index is 2.56. The minimum Gasteiger partial charge on any atom is -0.355 e. The van der Waals surface area contributed by atoms with Crippen molar-refractivity contribution in [3.8, 4) is 0 Å². The predicted molar refractivity (Wildman–Crippen MR) is 56.2 cm³/mol. The third-order valence-corrected chi connectivity index (χ3v) is 2.15. The SMILES string of the molecule is CNC(=O)c1ccc2[c]cccc2c1. The Hall–Kier alpha value is -1.83. The molecule has 2 aromatic carbocycles. The van der Waals surface area contributed by atoms with Gasteiger partial charge in [-0.05, 0) is 29.0 Å². The molecule has 1 N–H and O–H groups in total. The fraction of sp³-hybridized carbons (Fsp3) is 0.0833. The minimum atomic E-state index is -0.0595. The van der Waals surface area contributed by atoms with Gasteiger partial charge in [0.15, 0.2) is 0 Å². The summed E-state index contributed by atoms with van der Waals surface area (Å²) >= 11 is 0. The Morgan fingerprint density at radius 3 is 3.00 bits per heavy atom. The summed E-state index contributed by atoms with van der Waals surface area (Å²) in [5.41, 5.74) is 0.680. The van der Waals surface area contributed by atoms with Crippen LogP contribution in [0, 0.1) is 6.07 Å². The van der Waals surface area contributed by atoms with E-state index in [1.54, 1.807) is 13.1 Å². The van der Waals surface area contributed by atoms with Crippen molar-refractivity contribution in [2.75, 3.05) is 7.05 Å². The van der Waals surface area contributed by atoms with Gasteiger partial charge in [-0.2, -0.15) is 0 Å². The fourth-order valence-corrected chi connectivity index (χ4v) is 1.41.